The zero-order valence-corrected chi connectivity index (χ0v) is 27.7. The largest absolute Gasteiger partial charge is 0.493 e. The third-order valence-corrected chi connectivity index (χ3v) is 8.29. The average Bonchev–Trinajstić information content (AvgIpc) is 3.24. The molecule has 9 nitrogen and oxygen atoms in total. The molecule has 0 spiro atoms. The number of carbonyl (C=O) groups is 1. The molecule has 1 aliphatic carbocycles. The van der Waals surface area contributed by atoms with Gasteiger partial charge in [0.1, 0.15) is 23.0 Å². The molecule has 0 atom stereocenters. The maximum absolute atomic E-state index is 14.3. The molecule has 0 aliphatic heterocycles. The molecule has 0 unspecified atom stereocenters. The third-order valence-electron chi connectivity index (χ3n) is 8.29. The highest BCUT2D eigenvalue weighted by Gasteiger charge is 2.24. The Morgan fingerprint density at radius 3 is 1.46 bits per heavy atom. The van der Waals surface area contributed by atoms with Crippen molar-refractivity contribution in [3.63, 3.8) is 0 Å². The Labute approximate surface area is 283 Å². The summed E-state index contributed by atoms with van der Waals surface area (Å²) in [7, 11) is 0. The number of carbonyl (C=O) groups excluding carboxylic acids is 1. The van der Waals surface area contributed by atoms with E-state index in [0.717, 1.165) is 71.9 Å². The molecular formula is C39H48N4O5. The summed E-state index contributed by atoms with van der Waals surface area (Å²) in [5, 5.41) is 0. The predicted octanol–water partition coefficient (Wildman–Crippen LogP) is 5.26. The van der Waals surface area contributed by atoms with Crippen molar-refractivity contribution in [1.29, 1.82) is 0 Å². The first-order valence-corrected chi connectivity index (χ1v) is 17.0. The molecule has 4 aromatic carbocycles. The minimum absolute atomic E-state index is 0.00531. The Morgan fingerprint density at radius 2 is 0.958 bits per heavy atom. The van der Waals surface area contributed by atoms with Crippen LogP contribution in [0.5, 0.6) is 23.0 Å². The first-order chi connectivity index (χ1) is 23.5. The topological polar surface area (TPSA) is 158 Å². The molecule has 0 saturated carbocycles. The third kappa shape index (κ3) is 8.93. The zero-order valence-electron chi connectivity index (χ0n) is 27.7. The van der Waals surface area contributed by atoms with Crippen LogP contribution in [0, 0.1) is 0 Å². The summed E-state index contributed by atoms with van der Waals surface area (Å²) >= 11 is 0. The maximum atomic E-state index is 14.3. The number of ether oxygens (including phenoxy) is 4. The summed E-state index contributed by atoms with van der Waals surface area (Å²) < 4.78 is 24.1. The van der Waals surface area contributed by atoms with Crippen LogP contribution in [-0.2, 0) is 12.8 Å². The van der Waals surface area contributed by atoms with E-state index >= 15 is 0 Å². The summed E-state index contributed by atoms with van der Waals surface area (Å²) in [5.74, 6) is 2.80. The van der Waals surface area contributed by atoms with Crippen LogP contribution in [0.3, 0.4) is 0 Å². The van der Waals surface area contributed by atoms with Crippen molar-refractivity contribution in [2.45, 2.75) is 38.5 Å². The molecule has 0 fully saturated rings. The minimum Gasteiger partial charge on any atom is -0.493 e. The normalized spacial score (nSPS) is 12.2. The number of nitrogens with two attached hydrogens (primary N) is 4. The van der Waals surface area contributed by atoms with Crippen molar-refractivity contribution in [3.05, 3.63) is 95.1 Å². The van der Waals surface area contributed by atoms with Crippen molar-refractivity contribution in [3.8, 4) is 45.3 Å². The van der Waals surface area contributed by atoms with Gasteiger partial charge < -0.3 is 41.9 Å². The van der Waals surface area contributed by atoms with Crippen molar-refractivity contribution in [2.75, 3.05) is 52.6 Å². The lowest BCUT2D eigenvalue weighted by molar-refractivity contribution is 0.103. The Bertz CT molecular complexity index is 1610. The minimum atomic E-state index is 0.00531. The first kappa shape index (κ1) is 34.9. The van der Waals surface area contributed by atoms with Crippen molar-refractivity contribution in [1.82, 2.24) is 0 Å². The Hall–Kier alpha value is -4.41. The highest BCUT2D eigenvalue weighted by Crippen LogP contribution is 2.38. The molecule has 8 N–H and O–H groups in total. The number of benzene rings is 4. The lowest BCUT2D eigenvalue weighted by Crippen LogP contribution is -2.08. The van der Waals surface area contributed by atoms with Crippen LogP contribution in [-0.4, -0.2) is 58.4 Å². The van der Waals surface area contributed by atoms with Gasteiger partial charge in [-0.25, -0.2) is 0 Å². The smallest absolute Gasteiger partial charge is 0.193 e. The van der Waals surface area contributed by atoms with E-state index in [1.54, 1.807) is 0 Å². The van der Waals surface area contributed by atoms with E-state index in [1.807, 2.05) is 54.6 Å². The van der Waals surface area contributed by atoms with Gasteiger partial charge in [0, 0.05) is 23.3 Å². The second kappa shape index (κ2) is 17.7. The number of ketones is 1. The van der Waals surface area contributed by atoms with Crippen LogP contribution in [0.1, 0.15) is 52.7 Å². The molecule has 0 bridgehead atoms. The average molecular weight is 653 g/mol. The van der Waals surface area contributed by atoms with Crippen LogP contribution in [0.2, 0.25) is 0 Å². The number of hydrogen-bond donors (Lipinski definition) is 4. The van der Waals surface area contributed by atoms with Gasteiger partial charge in [0.05, 0.1) is 26.4 Å². The van der Waals surface area contributed by atoms with Crippen molar-refractivity contribution >= 4 is 5.78 Å². The van der Waals surface area contributed by atoms with E-state index in [1.165, 1.54) is 0 Å². The molecule has 0 heterocycles. The van der Waals surface area contributed by atoms with Crippen molar-refractivity contribution in [2.24, 2.45) is 22.9 Å². The van der Waals surface area contributed by atoms with E-state index in [0.29, 0.717) is 86.7 Å². The van der Waals surface area contributed by atoms with Crippen LogP contribution in [0.4, 0.5) is 0 Å². The Morgan fingerprint density at radius 1 is 0.479 bits per heavy atom. The van der Waals surface area contributed by atoms with Gasteiger partial charge in [0.25, 0.3) is 0 Å². The molecule has 1 aliphatic rings. The molecule has 0 radical (unpaired) electrons. The zero-order chi connectivity index (χ0) is 33.7. The molecule has 9 heteroatoms. The van der Waals surface area contributed by atoms with Gasteiger partial charge in [-0.1, -0.05) is 30.3 Å². The van der Waals surface area contributed by atoms with Gasteiger partial charge in [-0.05, 0) is 128 Å². The summed E-state index contributed by atoms with van der Waals surface area (Å²) in [4.78, 5) is 14.3. The van der Waals surface area contributed by atoms with E-state index in [-0.39, 0.29) is 5.78 Å². The molecule has 48 heavy (non-hydrogen) atoms. The van der Waals surface area contributed by atoms with Crippen LogP contribution >= 0.6 is 0 Å². The lowest BCUT2D eigenvalue weighted by Gasteiger charge is -2.16. The van der Waals surface area contributed by atoms with Crippen LogP contribution < -0.4 is 41.9 Å². The first-order valence-electron chi connectivity index (χ1n) is 17.0. The number of aryl methyl sites for hydroxylation is 1. The fourth-order valence-electron chi connectivity index (χ4n) is 5.82. The molecule has 0 saturated heterocycles. The highest BCUT2D eigenvalue weighted by atomic mass is 16.5. The second-order valence-electron chi connectivity index (χ2n) is 11.9. The van der Waals surface area contributed by atoms with E-state index in [2.05, 4.69) is 18.2 Å². The number of hydrogen-bond acceptors (Lipinski definition) is 9. The molecule has 0 aromatic heterocycles. The van der Waals surface area contributed by atoms with Gasteiger partial charge >= 0.3 is 0 Å². The number of rotatable bonds is 18. The predicted molar refractivity (Wildman–Crippen MR) is 191 cm³/mol. The standard InChI is InChI=1S/C39H48N4O5/c40-12-2-16-45-31-20-29(21-32(25-31)46-17-3-13-41)28-9-8-27-10-11-36-35(6-1-7-37(36)39(44)38(27)24-28)30-22-33(47-18-4-14-42)26-34(23-30)48-19-5-15-43/h1,6-9,20-26H,2-5,10-19,40-43H2. The second-order valence-corrected chi connectivity index (χ2v) is 11.9. The van der Waals surface area contributed by atoms with Gasteiger partial charge in [-0.3, -0.25) is 4.79 Å². The number of fused-ring (bicyclic) bond motifs is 2. The van der Waals surface area contributed by atoms with Crippen LogP contribution in [0.25, 0.3) is 22.3 Å². The fraction of sp³-hybridized carbons (Fsp3) is 0.359. The van der Waals surface area contributed by atoms with E-state index < -0.39 is 0 Å². The molecule has 0 amide bonds. The summed E-state index contributed by atoms with van der Waals surface area (Å²) in [5.41, 5.74) is 29.9. The lowest BCUT2D eigenvalue weighted by atomic mass is 9.91. The molecule has 254 valence electrons. The molecular weight excluding hydrogens is 604 g/mol. The van der Waals surface area contributed by atoms with E-state index in [4.69, 9.17) is 41.9 Å². The Kier molecular flexibility index (Phi) is 12.8. The summed E-state index contributed by atoms with van der Waals surface area (Å²) in [6, 6.07) is 23.9. The summed E-state index contributed by atoms with van der Waals surface area (Å²) in [6.07, 6.45) is 4.43. The van der Waals surface area contributed by atoms with Gasteiger partial charge in [0.15, 0.2) is 5.78 Å². The highest BCUT2D eigenvalue weighted by molar-refractivity contribution is 6.12. The monoisotopic (exact) mass is 652 g/mol. The maximum Gasteiger partial charge on any atom is 0.193 e. The van der Waals surface area contributed by atoms with Crippen LogP contribution in [0.15, 0.2) is 72.8 Å². The fourth-order valence-corrected chi connectivity index (χ4v) is 5.82. The molecule has 4 aromatic rings. The van der Waals surface area contributed by atoms with E-state index in [9.17, 15) is 4.79 Å². The van der Waals surface area contributed by atoms with Crippen molar-refractivity contribution < 1.29 is 23.7 Å². The Balaban J connectivity index is 1.49. The van der Waals surface area contributed by atoms with Gasteiger partial charge in [0.2, 0.25) is 0 Å². The summed E-state index contributed by atoms with van der Waals surface area (Å²) in [6.45, 7) is 4.23. The van der Waals surface area contributed by atoms with Gasteiger partial charge in [-0.2, -0.15) is 0 Å². The quantitative estimate of drug-likeness (QED) is 0.105. The molecule has 5 rings (SSSR count). The SMILES string of the molecule is NCCCOc1cc(OCCCN)cc(-c2ccc3c(c2)C(=O)c2cccc(-c4cc(OCCCN)cc(OCCCN)c4)c2CC3)c1. The van der Waals surface area contributed by atoms with Gasteiger partial charge in [-0.15, -0.1) is 0 Å².